The first-order chi connectivity index (χ1) is 12.8. The first kappa shape index (κ1) is 20.9. The molecule has 0 aromatic heterocycles. The van der Waals surface area contributed by atoms with Crippen molar-refractivity contribution < 1.29 is 0 Å². The Morgan fingerprint density at radius 3 is 2.50 bits per heavy atom. The molecule has 0 amide bonds. The number of thioether (sulfide) groups is 1. The van der Waals surface area contributed by atoms with Crippen LogP contribution in [0.25, 0.3) is 0 Å². The lowest BCUT2D eigenvalue weighted by molar-refractivity contribution is 0.334. The van der Waals surface area contributed by atoms with E-state index in [-0.39, 0.29) is 0 Å². The predicted molar refractivity (Wildman–Crippen MR) is 119 cm³/mol. The van der Waals surface area contributed by atoms with Crippen LogP contribution in [0.1, 0.15) is 25.7 Å². The van der Waals surface area contributed by atoms with Gasteiger partial charge in [0.05, 0.1) is 0 Å². The lowest BCUT2D eigenvalue weighted by Crippen LogP contribution is -2.29. The van der Waals surface area contributed by atoms with Crippen LogP contribution in [0.15, 0.2) is 67.3 Å². The van der Waals surface area contributed by atoms with Crippen molar-refractivity contribution in [2.75, 3.05) is 49.1 Å². The van der Waals surface area contributed by atoms with Crippen LogP contribution in [0, 0.1) is 0 Å². The highest BCUT2D eigenvalue weighted by atomic mass is 32.2. The summed E-state index contributed by atoms with van der Waals surface area (Å²) in [6.45, 7) is 13.8. The van der Waals surface area contributed by atoms with Gasteiger partial charge in [0.1, 0.15) is 0 Å². The van der Waals surface area contributed by atoms with Gasteiger partial charge >= 0.3 is 0 Å². The lowest BCUT2D eigenvalue weighted by Gasteiger charge is -2.26. The Hall–Kier alpha value is -1.45. The number of nitrogens with zero attached hydrogens (tertiary/aromatic N) is 2. The van der Waals surface area contributed by atoms with Crippen LogP contribution in [0.2, 0.25) is 0 Å². The maximum atomic E-state index is 3.87. The molecule has 2 rings (SSSR count). The molecular formula is C23H34N2S. The average molecular weight is 371 g/mol. The molecule has 1 aromatic carbocycles. The molecule has 0 radical (unpaired) electrons. The highest BCUT2D eigenvalue weighted by Crippen LogP contribution is 2.17. The van der Waals surface area contributed by atoms with Gasteiger partial charge in [-0.1, -0.05) is 49.6 Å². The Labute approximate surface area is 164 Å². The summed E-state index contributed by atoms with van der Waals surface area (Å²) in [5.41, 5.74) is 2.62. The summed E-state index contributed by atoms with van der Waals surface area (Å²) in [5.74, 6) is 2.20. The summed E-state index contributed by atoms with van der Waals surface area (Å²) in [7, 11) is 0. The van der Waals surface area contributed by atoms with E-state index in [0.29, 0.717) is 0 Å². The van der Waals surface area contributed by atoms with Crippen LogP contribution in [0.3, 0.4) is 0 Å². The van der Waals surface area contributed by atoms with E-state index in [1.807, 2.05) is 23.9 Å². The molecule has 0 unspecified atom stereocenters. The van der Waals surface area contributed by atoms with Crippen LogP contribution < -0.4 is 4.90 Å². The molecule has 2 nitrogen and oxygen atoms in total. The smallest absolute Gasteiger partial charge is 0.0366 e. The first-order valence-electron chi connectivity index (χ1n) is 9.87. The molecule has 1 aromatic rings. The van der Waals surface area contributed by atoms with Crippen molar-refractivity contribution in [1.29, 1.82) is 0 Å². The molecule has 0 aliphatic carbocycles. The summed E-state index contributed by atoms with van der Waals surface area (Å²) in [6, 6.07) is 10.9. The van der Waals surface area contributed by atoms with Crippen molar-refractivity contribution in [2.45, 2.75) is 25.7 Å². The van der Waals surface area contributed by atoms with Crippen molar-refractivity contribution in [3.05, 3.63) is 67.3 Å². The summed E-state index contributed by atoms with van der Waals surface area (Å²) < 4.78 is 0. The van der Waals surface area contributed by atoms with Gasteiger partial charge in [0.2, 0.25) is 0 Å². The number of benzene rings is 1. The zero-order valence-corrected chi connectivity index (χ0v) is 16.9. The second-order valence-corrected chi connectivity index (χ2v) is 7.92. The summed E-state index contributed by atoms with van der Waals surface area (Å²) in [6.07, 6.45) is 11.1. The van der Waals surface area contributed by atoms with Gasteiger partial charge in [-0.25, -0.2) is 0 Å². The van der Waals surface area contributed by atoms with Gasteiger partial charge in [-0.2, -0.15) is 11.8 Å². The van der Waals surface area contributed by atoms with Gasteiger partial charge < -0.3 is 9.80 Å². The molecule has 0 atom stereocenters. The fourth-order valence-electron chi connectivity index (χ4n) is 3.37. The highest BCUT2D eigenvalue weighted by Gasteiger charge is 2.12. The number of rotatable bonds is 13. The Balaban J connectivity index is 1.73. The number of hydrogen-bond donors (Lipinski definition) is 0. The standard InChI is InChI=1S/C23H34N2S/c1-3-12-22(4-2)21-26-20-11-19-25(23-13-6-5-7-14-23)18-10-17-24-15-8-9-16-24/h3-7,12-14H,1-2,8-11,15-21H2/b22-12+. The highest BCUT2D eigenvalue weighted by molar-refractivity contribution is 7.99. The van der Waals surface area contributed by atoms with E-state index in [9.17, 15) is 0 Å². The Bertz CT molecular complexity index is 547. The second-order valence-electron chi connectivity index (χ2n) is 6.81. The van der Waals surface area contributed by atoms with Crippen LogP contribution in [-0.4, -0.2) is 49.1 Å². The number of para-hydroxylation sites is 1. The Morgan fingerprint density at radius 2 is 1.81 bits per heavy atom. The normalized spacial score (nSPS) is 15.2. The van der Waals surface area contributed by atoms with Crippen LogP contribution >= 0.6 is 11.8 Å². The van der Waals surface area contributed by atoms with Crippen LogP contribution in [0.5, 0.6) is 0 Å². The monoisotopic (exact) mass is 370 g/mol. The molecule has 1 fully saturated rings. The third-order valence-corrected chi connectivity index (χ3v) is 5.92. The molecule has 3 heteroatoms. The molecule has 1 heterocycles. The van der Waals surface area contributed by atoms with E-state index in [0.717, 1.165) is 18.8 Å². The predicted octanol–water partition coefficient (Wildman–Crippen LogP) is 5.40. The van der Waals surface area contributed by atoms with Gasteiger partial charge in [-0.3, -0.25) is 0 Å². The van der Waals surface area contributed by atoms with E-state index < -0.39 is 0 Å². The first-order valence-corrected chi connectivity index (χ1v) is 11.0. The van der Waals surface area contributed by atoms with Crippen molar-refractivity contribution >= 4 is 17.4 Å². The van der Waals surface area contributed by atoms with Gasteiger partial charge in [0.25, 0.3) is 0 Å². The minimum absolute atomic E-state index is 1.02. The molecule has 0 N–H and O–H groups in total. The zero-order valence-electron chi connectivity index (χ0n) is 16.1. The van der Waals surface area contributed by atoms with Crippen LogP contribution in [0.4, 0.5) is 5.69 Å². The fourth-order valence-corrected chi connectivity index (χ4v) is 4.30. The molecular weight excluding hydrogens is 336 g/mol. The molecule has 1 aliphatic rings. The zero-order chi connectivity index (χ0) is 18.5. The van der Waals surface area contributed by atoms with Crippen molar-refractivity contribution in [3.63, 3.8) is 0 Å². The Morgan fingerprint density at radius 1 is 1.08 bits per heavy atom. The van der Waals surface area contributed by atoms with Crippen molar-refractivity contribution in [1.82, 2.24) is 4.90 Å². The summed E-state index contributed by atoms with van der Waals surface area (Å²) in [5, 5.41) is 0. The maximum Gasteiger partial charge on any atom is 0.0366 e. The molecule has 142 valence electrons. The number of likely N-dealkylation sites (tertiary alicyclic amines) is 1. The molecule has 0 saturated carbocycles. The lowest BCUT2D eigenvalue weighted by atomic mass is 10.2. The molecule has 1 aliphatic heterocycles. The van der Waals surface area contributed by atoms with Crippen molar-refractivity contribution in [3.8, 4) is 0 Å². The SMILES string of the molecule is C=C/C=C(\C=C)CSCCCN(CCCN1CCCC1)c1ccccc1. The fraction of sp³-hybridized carbons (Fsp3) is 0.478. The average Bonchev–Trinajstić information content (AvgIpc) is 3.19. The molecule has 0 spiro atoms. The topological polar surface area (TPSA) is 6.48 Å². The molecule has 1 saturated heterocycles. The third-order valence-electron chi connectivity index (χ3n) is 4.80. The largest absolute Gasteiger partial charge is 0.371 e. The Kier molecular flexibility index (Phi) is 10.3. The van der Waals surface area contributed by atoms with E-state index in [4.69, 9.17) is 0 Å². The van der Waals surface area contributed by atoms with Gasteiger partial charge in [0, 0.05) is 24.5 Å². The van der Waals surface area contributed by atoms with Crippen LogP contribution in [-0.2, 0) is 0 Å². The minimum Gasteiger partial charge on any atom is -0.371 e. The van der Waals surface area contributed by atoms with E-state index in [1.165, 1.54) is 62.3 Å². The third kappa shape index (κ3) is 7.84. The maximum absolute atomic E-state index is 3.87. The van der Waals surface area contributed by atoms with Gasteiger partial charge in [0.15, 0.2) is 0 Å². The van der Waals surface area contributed by atoms with Gasteiger partial charge in [-0.15, -0.1) is 0 Å². The minimum atomic E-state index is 1.02. The van der Waals surface area contributed by atoms with Crippen molar-refractivity contribution in [2.24, 2.45) is 0 Å². The quantitative estimate of drug-likeness (QED) is 0.339. The number of allylic oxidation sites excluding steroid dienone is 3. The second kappa shape index (κ2) is 12.8. The number of hydrogen-bond acceptors (Lipinski definition) is 3. The summed E-state index contributed by atoms with van der Waals surface area (Å²) >= 11 is 1.99. The summed E-state index contributed by atoms with van der Waals surface area (Å²) in [4.78, 5) is 5.17. The number of anilines is 1. The van der Waals surface area contributed by atoms with E-state index >= 15 is 0 Å². The van der Waals surface area contributed by atoms with E-state index in [2.05, 4.69) is 59.4 Å². The molecule has 0 bridgehead atoms. The van der Waals surface area contributed by atoms with Gasteiger partial charge in [-0.05, 0) is 68.8 Å². The van der Waals surface area contributed by atoms with E-state index in [1.54, 1.807) is 0 Å². The molecule has 26 heavy (non-hydrogen) atoms.